The van der Waals surface area contributed by atoms with Gasteiger partial charge in [-0.15, -0.1) is 0 Å². The van der Waals surface area contributed by atoms with Crippen LogP contribution in [0.4, 0.5) is 5.69 Å². The molecule has 0 bridgehead atoms. The van der Waals surface area contributed by atoms with Gasteiger partial charge < -0.3 is 15.2 Å². The molecule has 0 amide bonds. The van der Waals surface area contributed by atoms with Crippen LogP contribution in [-0.2, 0) is 6.54 Å². The van der Waals surface area contributed by atoms with Crippen LogP contribution in [0.3, 0.4) is 0 Å². The maximum absolute atomic E-state index is 5.28. The summed E-state index contributed by atoms with van der Waals surface area (Å²) in [4.78, 5) is 0. The molecule has 21 heavy (non-hydrogen) atoms. The SMILES string of the molecule is Cc1ccc(C)n1CCCCNC(=S)Nc1ccccc1. The highest BCUT2D eigenvalue weighted by atomic mass is 32.1. The standard InChI is InChI=1S/C17H23N3S/c1-14-10-11-15(2)20(14)13-7-6-12-18-17(21)19-16-8-4-3-5-9-16/h3-5,8-11H,6-7,12-13H2,1-2H3,(H2,18,19,21). The lowest BCUT2D eigenvalue weighted by Crippen LogP contribution is -2.29. The van der Waals surface area contributed by atoms with Gasteiger partial charge in [-0.05, 0) is 63.2 Å². The monoisotopic (exact) mass is 301 g/mol. The van der Waals surface area contributed by atoms with Gasteiger partial charge in [-0.2, -0.15) is 0 Å². The Kier molecular flexibility index (Phi) is 5.81. The van der Waals surface area contributed by atoms with Crippen molar-refractivity contribution < 1.29 is 0 Å². The summed E-state index contributed by atoms with van der Waals surface area (Å²) in [6, 6.07) is 14.3. The fraction of sp³-hybridized carbons (Fsp3) is 0.353. The number of rotatable bonds is 6. The molecule has 0 atom stereocenters. The molecule has 3 nitrogen and oxygen atoms in total. The normalized spacial score (nSPS) is 10.4. The number of benzene rings is 1. The lowest BCUT2D eigenvalue weighted by Gasteiger charge is -2.11. The molecule has 0 radical (unpaired) electrons. The predicted molar refractivity (Wildman–Crippen MR) is 93.8 cm³/mol. The third-order valence-corrected chi connectivity index (χ3v) is 3.79. The summed E-state index contributed by atoms with van der Waals surface area (Å²) in [5.74, 6) is 0. The van der Waals surface area contributed by atoms with Crippen LogP contribution < -0.4 is 10.6 Å². The second-order valence-electron chi connectivity index (χ2n) is 5.22. The third kappa shape index (κ3) is 4.90. The number of aromatic nitrogens is 1. The molecule has 2 rings (SSSR count). The zero-order valence-corrected chi connectivity index (χ0v) is 13.5. The number of para-hydroxylation sites is 1. The quantitative estimate of drug-likeness (QED) is 0.627. The first-order chi connectivity index (χ1) is 10.2. The Bertz CT molecular complexity index is 555. The van der Waals surface area contributed by atoms with Crippen LogP contribution in [0.15, 0.2) is 42.5 Å². The van der Waals surface area contributed by atoms with Crippen molar-refractivity contribution in [1.29, 1.82) is 0 Å². The van der Waals surface area contributed by atoms with Crippen molar-refractivity contribution in [2.45, 2.75) is 33.2 Å². The van der Waals surface area contributed by atoms with Crippen LogP contribution in [0.5, 0.6) is 0 Å². The van der Waals surface area contributed by atoms with Gasteiger partial charge in [0.25, 0.3) is 0 Å². The summed E-state index contributed by atoms with van der Waals surface area (Å²) >= 11 is 5.28. The first kappa shape index (κ1) is 15.6. The Balaban J connectivity index is 1.63. The molecule has 1 aromatic carbocycles. The highest BCUT2D eigenvalue weighted by Gasteiger charge is 2.00. The average Bonchev–Trinajstić information content (AvgIpc) is 2.79. The van der Waals surface area contributed by atoms with Crippen LogP contribution in [0, 0.1) is 13.8 Å². The largest absolute Gasteiger partial charge is 0.362 e. The molecule has 1 aromatic heterocycles. The van der Waals surface area contributed by atoms with Gasteiger partial charge in [0.05, 0.1) is 0 Å². The average molecular weight is 301 g/mol. The van der Waals surface area contributed by atoms with Crippen molar-refractivity contribution >= 4 is 23.0 Å². The van der Waals surface area contributed by atoms with E-state index in [2.05, 4.69) is 41.2 Å². The van der Waals surface area contributed by atoms with Crippen molar-refractivity contribution in [3.05, 3.63) is 53.9 Å². The van der Waals surface area contributed by atoms with Gasteiger partial charge in [0.2, 0.25) is 0 Å². The highest BCUT2D eigenvalue weighted by molar-refractivity contribution is 7.80. The minimum Gasteiger partial charge on any atom is -0.362 e. The molecular weight excluding hydrogens is 278 g/mol. The fourth-order valence-electron chi connectivity index (χ4n) is 2.35. The van der Waals surface area contributed by atoms with Gasteiger partial charge >= 0.3 is 0 Å². The number of hydrogen-bond acceptors (Lipinski definition) is 1. The molecule has 0 saturated carbocycles. The van der Waals surface area contributed by atoms with Crippen molar-refractivity contribution in [3.8, 4) is 0 Å². The maximum Gasteiger partial charge on any atom is 0.170 e. The number of nitrogens with one attached hydrogen (secondary N) is 2. The third-order valence-electron chi connectivity index (χ3n) is 3.54. The molecular formula is C17H23N3S. The maximum atomic E-state index is 5.28. The van der Waals surface area contributed by atoms with Crippen LogP contribution in [0.25, 0.3) is 0 Å². The summed E-state index contributed by atoms with van der Waals surface area (Å²) in [7, 11) is 0. The van der Waals surface area contributed by atoms with E-state index in [1.807, 2.05) is 30.3 Å². The molecule has 2 N–H and O–H groups in total. The van der Waals surface area contributed by atoms with E-state index in [4.69, 9.17) is 12.2 Å². The summed E-state index contributed by atoms with van der Waals surface area (Å²) in [5.41, 5.74) is 3.69. The smallest absolute Gasteiger partial charge is 0.170 e. The minimum atomic E-state index is 0.689. The molecule has 0 spiro atoms. The molecule has 1 heterocycles. The van der Waals surface area contributed by atoms with Crippen LogP contribution in [0.1, 0.15) is 24.2 Å². The molecule has 0 aliphatic carbocycles. The van der Waals surface area contributed by atoms with E-state index in [-0.39, 0.29) is 0 Å². The van der Waals surface area contributed by atoms with Crippen molar-refractivity contribution in [3.63, 3.8) is 0 Å². The lowest BCUT2D eigenvalue weighted by molar-refractivity contribution is 0.586. The Morgan fingerprint density at radius 3 is 2.33 bits per heavy atom. The number of hydrogen-bond donors (Lipinski definition) is 2. The minimum absolute atomic E-state index is 0.689. The topological polar surface area (TPSA) is 29.0 Å². The highest BCUT2D eigenvalue weighted by Crippen LogP contribution is 2.08. The second kappa shape index (κ2) is 7.84. The van der Waals surface area contributed by atoms with Gasteiger partial charge in [-0.3, -0.25) is 0 Å². The van der Waals surface area contributed by atoms with E-state index in [9.17, 15) is 0 Å². The molecule has 2 aromatic rings. The zero-order chi connectivity index (χ0) is 15.1. The number of thiocarbonyl (C=S) groups is 1. The molecule has 0 fully saturated rings. The van der Waals surface area contributed by atoms with E-state index in [0.717, 1.165) is 31.6 Å². The number of unbranched alkanes of at least 4 members (excludes halogenated alkanes) is 1. The summed E-state index contributed by atoms with van der Waals surface area (Å²) < 4.78 is 2.36. The second-order valence-corrected chi connectivity index (χ2v) is 5.63. The predicted octanol–water partition coefficient (Wildman–Crippen LogP) is 3.87. The number of nitrogens with zero attached hydrogens (tertiary/aromatic N) is 1. The summed E-state index contributed by atoms with van der Waals surface area (Å²) in [6.07, 6.45) is 2.25. The molecule has 4 heteroatoms. The van der Waals surface area contributed by atoms with Crippen LogP contribution >= 0.6 is 12.2 Å². The van der Waals surface area contributed by atoms with Gasteiger partial charge in [-0.1, -0.05) is 18.2 Å². The van der Waals surface area contributed by atoms with Crippen LogP contribution in [-0.4, -0.2) is 16.2 Å². The van der Waals surface area contributed by atoms with Gasteiger partial charge in [0.15, 0.2) is 5.11 Å². The van der Waals surface area contributed by atoms with E-state index in [1.165, 1.54) is 11.4 Å². The fourth-order valence-corrected chi connectivity index (χ4v) is 2.57. The first-order valence-electron chi connectivity index (χ1n) is 7.39. The van der Waals surface area contributed by atoms with Crippen molar-refractivity contribution in [2.75, 3.05) is 11.9 Å². The molecule has 0 saturated heterocycles. The Morgan fingerprint density at radius 1 is 1.00 bits per heavy atom. The van der Waals surface area contributed by atoms with E-state index >= 15 is 0 Å². The van der Waals surface area contributed by atoms with Gasteiger partial charge in [0.1, 0.15) is 0 Å². The van der Waals surface area contributed by atoms with Gasteiger partial charge in [0, 0.05) is 30.2 Å². The number of aryl methyl sites for hydroxylation is 2. The molecule has 0 unspecified atom stereocenters. The first-order valence-corrected chi connectivity index (χ1v) is 7.80. The van der Waals surface area contributed by atoms with E-state index < -0.39 is 0 Å². The van der Waals surface area contributed by atoms with Gasteiger partial charge in [-0.25, -0.2) is 0 Å². The van der Waals surface area contributed by atoms with Crippen LogP contribution in [0.2, 0.25) is 0 Å². The Morgan fingerprint density at radius 2 is 1.67 bits per heavy atom. The Hall–Kier alpha value is -1.81. The summed E-state index contributed by atoms with van der Waals surface area (Å²) in [5, 5.41) is 7.12. The lowest BCUT2D eigenvalue weighted by atomic mass is 10.3. The summed E-state index contributed by atoms with van der Waals surface area (Å²) in [6.45, 7) is 6.29. The number of anilines is 1. The van der Waals surface area contributed by atoms with E-state index in [0.29, 0.717) is 5.11 Å². The van der Waals surface area contributed by atoms with E-state index in [1.54, 1.807) is 0 Å². The van der Waals surface area contributed by atoms with Crippen molar-refractivity contribution in [2.24, 2.45) is 0 Å². The zero-order valence-electron chi connectivity index (χ0n) is 12.7. The molecule has 0 aliphatic heterocycles. The molecule has 0 aliphatic rings. The molecule has 112 valence electrons. The van der Waals surface area contributed by atoms with Crippen molar-refractivity contribution in [1.82, 2.24) is 9.88 Å². The Labute approximate surface area is 132 Å².